The van der Waals surface area contributed by atoms with Gasteiger partial charge in [0, 0.05) is 6.04 Å². The summed E-state index contributed by atoms with van der Waals surface area (Å²) in [4.78, 5) is 24.1. The lowest BCUT2D eigenvalue weighted by atomic mass is 9.78. The third-order valence-electron chi connectivity index (χ3n) is 4.84. The number of amides is 1. The van der Waals surface area contributed by atoms with Gasteiger partial charge in [0.25, 0.3) is 5.91 Å². The number of carbonyl (C=O) groups is 2. The quantitative estimate of drug-likeness (QED) is 0.866. The Morgan fingerprint density at radius 3 is 2.43 bits per heavy atom. The largest absolute Gasteiger partial charge is 0.452 e. The van der Waals surface area contributed by atoms with Crippen LogP contribution in [0.25, 0.3) is 0 Å². The summed E-state index contributed by atoms with van der Waals surface area (Å²) >= 11 is 0. The van der Waals surface area contributed by atoms with Crippen LogP contribution in [0.4, 0.5) is 0 Å². The average Bonchev–Trinajstić information content (AvgIpc) is 2.48. The summed E-state index contributed by atoms with van der Waals surface area (Å²) in [5, 5.41) is 3.01. The van der Waals surface area contributed by atoms with E-state index in [1.807, 2.05) is 19.9 Å². The lowest BCUT2D eigenvalue weighted by Gasteiger charge is -2.34. The molecule has 0 aliphatic heterocycles. The van der Waals surface area contributed by atoms with Gasteiger partial charge in [0.1, 0.15) is 0 Å². The molecule has 1 amide bonds. The first-order valence-corrected chi connectivity index (χ1v) is 8.41. The minimum atomic E-state index is -0.447. The Morgan fingerprint density at radius 2 is 1.78 bits per heavy atom. The number of nitrogens with one attached hydrogen (secondary N) is 1. The molecule has 4 heteroatoms. The van der Waals surface area contributed by atoms with Crippen molar-refractivity contribution in [1.82, 2.24) is 5.32 Å². The summed E-state index contributed by atoms with van der Waals surface area (Å²) in [7, 11) is 0. The third kappa shape index (κ3) is 4.81. The highest BCUT2D eigenvalue weighted by atomic mass is 16.5. The van der Waals surface area contributed by atoms with E-state index in [4.69, 9.17) is 4.74 Å². The first-order chi connectivity index (χ1) is 10.9. The molecule has 3 atom stereocenters. The fraction of sp³-hybridized carbons (Fsp3) is 0.579. The Balaban J connectivity index is 1.85. The normalized spacial score (nSPS) is 24.1. The standard InChI is InChI=1S/C19H27NO3/c1-12-8-13(2)10-16(9-12)19(22)23-11-18(21)20-17-7-5-6-14(3)15(17)4/h8-10,14-15,17H,5-7,11H2,1-4H3,(H,20,21)/t14-,15+,17+/m1/s1. The van der Waals surface area contributed by atoms with E-state index in [2.05, 4.69) is 19.2 Å². The Morgan fingerprint density at radius 1 is 1.13 bits per heavy atom. The number of aryl methyl sites for hydroxylation is 2. The number of carbonyl (C=O) groups excluding carboxylic acids is 2. The van der Waals surface area contributed by atoms with E-state index in [1.54, 1.807) is 12.1 Å². The van der Waals surface area contributed by atoms with Crippen molar-refractivity contribution >= 4 is 11.9 Å². The minimum Gasteiger partial charge on any atom is -0.452 e. The molecule has 126 valence electrons. The van der Waals surface area contributed by atoms with Crippen molar-refractivity contribution < 1.29 is 14.3 Å². The maximum absolute atomic E-state index is 12.1. The van der Waals surface area contributed by atoms with Gasteiger partial charge in [-0.25, -0.2) is 4.79 Å². The van der Waals surface area contributed by atoms with E-state index in [9.17, 15) is 9.59 Å². The number of benzene rings is 1. The Hall–Kier alpha value is -1.84. The molecule has 1 aliphatic rings. The van der Waals surface area contributed by atoms with Crippen molar-refractivity contribution in [2.45, 2.75) is 53.0 Å². The van der Waals surface area contributed by atoms with Gasteiger partial charge in [-0.2, -0.15) is 0 Å². The summed E-state index contributed by atoms with van der Waals surface area (Å²) in [6, 6.07) is 5.73. The second kappa shape index (κ2) is 7.62. The molecule has 0 radical (unpaired) electrons. The van der Waals surface area contributed by atoms with Gasteiger partial charge in [-0.05, 0) is 44.2 Å². The summed E-state index contributed by atoms with van der Waals surface area (Å²) in [6.45, 7) is 8.05. The van der Waals surface area contributed by atoms with Crippen molar-refractivity contribution in [2.75, 3.05) is 6.61 Å². The molecular formula is C19H27NO3. The number of ether oxygens (including phenoxy) is 1. The molecule has 1 aromatic rings. The van der Waals surface area contributed by atoms with Crippen LogP contribution in [0, 0.1) is 25.7 Å². The van der Waals surface area contributed by atoms with Crippen molar-refractivity contribution in [3.05, 3.63) is 34.9 Å². The van der Waals surface area contributed by atoms with Crippen LogP contribution in [0.3, 0.4) is 0 Å². The molecule has 0 bridgehead atoms. The van der Waals surface area contributed by atoms with Crippen LogP contribution in [-0.2, 0) is 9.53 Å². The Labute approximate surface area is 138 Å². The highest BCUT2D eigenvalue weighted by Crippen LogP contribution is 2.29. The summed E-state index contributed by atoms with van der Waals surface area (Å²) in [6.07, 6.45) is 3.36. The molecule has 4 nitrogen and oxygen atoms in total. The molecular weight excluding hydrogens is 290 g/mol. The molecule has 1 N–H and O–H groups in total. The second-order valence-electron chi connectivity index (χ2n) is 6.89. The van der Waals surface area contributed by atoms with Crippen LogP contribution in [0.15, 0.2) is 18.2 Å². The van der Waals surface area contributed by atoms with E-state index in [1.165, 1.54) is 6.42 Å². The molecule has 23 heavy (non-hydrogen) atoms. The van der Waals surface area contributed by atoms with Crippen LogP contribution in [0.1, 0.15) is 54.6 Å². The lowest BCUT2D eigenvalue weighted by molar-refractivity contribution is -0.125. The van der Waals surface area contributed by atoms with E-state index in [0.717, 1.165) is 24.0 Å². The zero-order valence-electron chi connectivity index (χ0n) is 14.5. The average molecular weight is 317 g/mol. The summed E-state index contributed by atoms with van der Waals surface area (Å²) in [5.41, 5.74) is 2.51. The van der Waals surface area contributed by atoms with Gasteiger partial charge in [-0.3, -0.25) is 4.79 Å². The number of hydrogen-bond donors (Lipinski definition) is 1. The molecule has 1 aliphatic carbocycles. The van der Waals surface area contributed by atoms with Crippen molar-refractivity contribution in [2.24, 2.45) is 11.8 Å². The highest BCUT2D eigenvalue weighted by Gasteiger charge is 2.28. The molecule has 2 rings (SSSR count). The van der Waals surface area contributed by atoms with E-state index >= 15 is 0 Å². The predicted octanol–water partition coefficient (Wildman–Crippen LogP) is 3.40. The maximum Gasteiger partial charge on any atom is 0.338 e. The lowest BCUT2D eigenvalue weighted by Crippen LogP contribution is -2.45. The maximum atomic E-state index is 12.1. The topological polar surface area (TPSA) is 55.4 Å². The van der Waals surface area contributed by atoms with E-state index in [-0.39, 0.29) is 18.6 Å². The zero-order valence-corrected chi connectivity index (χ0v) is 14.5. The van der Waals surface area contributed by atoms with Crippen LogP contribution in [-0.4, -0.2) is 24.5 Å². The molecule has 1 saturated carbocycles. The van der Waals surface area contributed by atoms with Crippen molar-refractivity contribution in [3.8, 4) is 0 Å². The monoisotopic (exact) mass is 317 g/mol. The van der Waals surface area contributed by atoms with Gasteiger partial charge in [-0.1, -0.05) is 43.9 Å². The second-order valence-corrected chi connectivity index (χ2v) is 6.89. The molecule has 1 aromatic carbocycles. The van der Waals surface area contributed by atoms with Crippen LogP contribution in [0.2, 0.25) is 0 Å². The fourth-order valence-corrected chi connectivity index (χ4v) is 3.34. The van der Waals surface area contributed by atoms with Crippen LogP contribution in [0.5, 0.6) is 0 Å². The summed E-state index contributed by atoms with van der Waals surface area (Å²) < 4.78 is 5.15. The molecule has 1 fully saturated rings. The first kappa shape index (κ1) is 17.5. The molecule has 0 heterocycles. The molecule has 0 spiro atoms. The van der Waals surface area contributed by atoms with Gasteiger partial charge in [0.15, 0.2) is 6.61 Å². The SMILES string of the molecule is Cc1cc(C)cc(C(=O)OCC(=O)N[C@H]2CCC[C@@H](C)[C@@H]2C)c1. The summed E-state index contributed by atoms with van der Waals surface area (Å²) in [5.74, 6) is 0.417. The predicted molar refractivity (Wildman–Crippen MR) is 90.3 cm³/mol. The minimum absolute atomic E-state index is 0.186. The fourth-order valence-electron chi connectivity index (χ4n) is 3.34. The highest BCUT2D eigenvalue weighted by molar-refractivity contribution is 5.91. The third-order valence-corrected chi connectivity index (χ3v) is 4.84. The number of rotatable bonds is 4. The van der Waals surface area contributed by atoms with Gasteiger partial charge in [0.05, 0.1) is 5.56 Å². The van der Waals surface area contributed by atoms with Crippen LogP contribution >= 0.6 is 0 Å². The van der Waals surface area contributed by atoms with Crippen LogP contribution < -0.4 is 5.32 Å². The van der Waals surface area contributed by atoms with Crippen molar-refractivity contribution in [1.29, 1.82) is 0 Å². The zero-order chi connectivity index (χ0) is 17.0. The van der Waals surface area contributed by atoms with Gasteiger partial charge in [-0.15, -0.1) is 0 Å². The van der Waals surface area contributed by atoms with Gasteiger partial charge < -0.3 is 10.1 Å². The molecule has 0 aromatic heterocycles. The van der Waals surface area contributed by atoms with Gasteiger partial charge >= 0.3 is 5.97 Å². The molecule has 0 unspecified atom stereocenters. The van der Waals surface area contributed by atoms with Gasteiger partial charge in [0.2, 0.25) is 0 Å². The Bertz CT molecular complexity index is 562. The van der Waals surface area contributed by atoms with Crippen molar-refractivity contribution in [3.63, 3.8) is 0 Å². The van der Waals surface area contributed by atoms with E-state index < -0.39 is 5.97 Å². The number of hydrogen-bond acceptors (Lipinski definition) is 3. The smallest absolute Gasteiger partial charge is 0.338 e. The Kier molecular flexibility index (Phi) is 5.80. The molecule has 0 saturated heterocycles. The number of esters is 1. The van der Waals surface area contributed by atoms with E-state index in [0.29, 0.717) is 17.4 Å². The first-order valence-electron chi connectivity index (χ1n) is 8.41.